The molecule has 19 heavy (non-hydrogen) atoms. The molecule has 0 aliphatic heterocycles. The number of rotatable bonds is 3. The topological polar surface area (TPSA) is 43.8 Å². The van der Waals surface area contributed by atoms with E-state index in [2.05, 4.69) is 45.3 Å². The van der Waals surface area contributed by atoms with Crippen LogP contribution in [0.3, 0.4) is 0 Å². The van der Waals surface area contributed by atoms with Crippen molar-refractivity contribution in [1.82, 2.24) is 9.55 Å². The molecule has 0 amide bonds. The molecule has 0 spiro atoms. The van der Waals surface area contributed by atoms with Crippen molar-refractivity contribution in [2.24, 2.45) is 0 Å². The lowest BCUT2D eigenvalue weighted by Gasteiger charge is -2.25. The first-order valence-corrected chi connectivity index (χ1v) is 7.16. The zero-order chi connectivity index (χ0) is 14.2. The van der Waals surface area contributed by atoms with Gasteiger partial charge in [-0.1, -0.05) is 34.6 Å². The number of hydrogen-bond acceptors (Lipinski definition) is 2. The van der Waals surface area contributed by atoms with Crippen LogP contribution in [0, 0.1) is 0 Å². The molecule has 1 heterocycles. The SMILES string of the molecule is CCC(CC)n1c(C(C)(C)C)nc2cc(N)ccc21. The molecule has 2 N–H and O–H groups in total. The summed E-state index contributed by atoms with van der Waals surface area (Å²) in [5, 5.41) is 0. The van der Waals surface area contributed by atoms with E-state index in [1.807, 2.05) is 12.1 Å². The number of fused-ring (bicyclic) bond motifs is 1. The Hall–Kier alpha value is -1.51. The maximum atomic E-state index is 5.88. The lowest BCUT2D eigenvalue weighted by atomic mass is 9.95. The molecule has 0 radical (unpaired) electrons. The Morgan fingerprint density at radius 1 is 1.21 bits per heavy atom. The molecule has 0 bridgehead atoms. The van der Waals surface area contributed by atoms with Crippen LogP contribution in [-0.2, 0) is 5.41 Å². The number of nitrogen functional groups attached to an aromatic ring is 1. The molecule has 3 nitrogen and oxygen atoms in total. The monoisotopic (exact) mass is 259 g/mol. The Balaban J connectivity index is 2.75. The summed E-state index contributed by atoms with van der Waals surface area (Å²) >= 11 is 0. The standard InChI is InChI=1S/C16H25N3/c1-6-12(7-2)19-14-9-8-11(17)10-13(14)18-15(19)16(3,4)5/h8-10,12H,6-7,17H2,1-5H3. The summed E-state index contributed by atoms with van der Waals surface area (Å²) in [7, 11) is 0. The van der Waals surface area contributed by atoms with Gasteiger partial charge in [0.15, 0.2) is 0 Å². The maximum absolute atomic E-state index is 5.88. The number of hydrogen-bond donors (Lipinski definition) is 1. The molecule has 0 atom stereocenters. The van der Waals surface area contributed by atoms with Gasteiger partial charge in [-0.3, -0.25) is 0 Å². The highest BCUT2D eigenvalue weighted by Crippen LogP contribution is 2.32. The zero-order valence-corrected chi connectivity index (χ0v) is 12.7. The molecule has 0 unspecified atom stereocenters. The van der Waals surface area contributed by atoms with E-state index in [4.69, 9.17) is 10.7 Å². The first-order valence-electron chi connectivity index (χ1n) is 7.16. The van der Waals surface area contributed by atoms with Gasteiger partial charge >= 0.3 is 0 Å². The molecule has 0 saturated heterocycles. The lowest BCUT2D eigenvalue weighted by molar-refractivity contribution is 0.421. The predicted octanol–water partition coefficient (Wildman–Crippen LogP) is 4.28. The molecule has 2 rings (SSSR count). The second-order valence-corrected chi connectivity index (χ2v) is 6.27. The van der Waals surface area contributed by atoms with Gasteiger partial charge in [-0.25, -0.2) is 4.98 Å². The molecule has 0 saturated carbocycles. The summed E-state index contributed by atoms with van der Waals surface area (Å²) < 4.78 is 2.41. The molecule has 0 aliphatic rings. The fraction of sp³-hybridized carbons (Fsp3) is 0.562. The number of nitrogens with two attached hydrogens (primary N) is 1. The first kappa shape index (κ1) is 13.9. The molecule has 1 aromatic heterocycles. The van der Waals surface area contributed by atoms with E-state index in [0.717, 1.165) is 29.9 Å². The summed E-state index contributed by atoms with van der Waals surface area (Å²) in [6, 6.07) is 6.55. The Kier molecular flexibility index (Phi) is 3.57. The number of anilines is 1. The molecule has 104 valence electrons. The quantitative estimate of drug-likeness (QED) is 0.836. The molecule has 0 aliphatic carbocycles. The maximum Gasteiger partial charge on any atom is 0.115 e. The normalized spacial score (nSPS) is 12.5. The number of nitrogens with zero attached hydrogens (tertiary/aromatic N) is 2. The van der Waals surface area contributed by atoms with Crippen LogP contribution in [-0.4, -0.2) is 9.55 Å². The zero-order valence-electron chi connectivity index (χ0n) is 12.7. The van der Waals surface area contributed by atoms with E-state index in [1.165, 1.54) is 5.52 Å². The third kappa shape index (κ3) is 2.46. The van der Waals surface area contributed by atoms with Crippen LogP contribution in [0.25, 0.3) is 11.0 Å². The molecular formula is C16H25N3. The molecule has 2 aromatic rings. The van der Waals surface area contributed by atoms with Gasteiger partial charge in [0.2, 0.25) is 0 Å². The number of aromatic nitrogens is 2. The van der Waals surface area contributed by atoms with Gasteiger partial charge in [0.25, 0.3) is 0 Å². The van der Waals surface area contributed by atoms with Gasteiger partial charge < -0.3 is 10.3 Å². The van der Waals surface area contributed by atoms with Gasteiger partial charge in [0.05, 0.1) is 11.0 Å². The second-order valence-electron chi connectivity index (χ2n) is 6.27. The minimum atomic E-state index is 0.0381. The lowest BCUT2D eigenvalue weighted by Crippen LogP contribution is -2.21. The van der Waals surface area contributed by atoms with Crippen molar-refractivity contribution in [3.05, 3.63) is 24.0 Å². The highest BCUT2D eigenvalue weighted by atomic mass is 15.1. The third-order valence-electron chi connectivity index (χ3n) is 3.69. The van der Waals surface area contributed by atoms with Crippen molar-refractivity contribution in [3.63, 3.8) is 0 Å². The summed E-state index contributed by atoms with van der Waals surface area (Å²) in [5.74, 6) is 1.15. The van der Waals surface area contributed by atoms with Crippen LogP contribution in [0.15, 0.2) is 18.2 Å². The molecule has 0 fully saturated rings. The van der Waals surface area contributed by atoms with Gasteiger partial charge in [0.1, 0.15) is 5.82 Å². The highest BCUT2D eigenvalue weighted by Gasteiger charge is 2.25. The largest absolute Gasteiger partial charge is 0.399 e. The minimum Gasteiger partial charge on any atom is -0.399 e. The van der Waals surface area contributed by atoms with E-state index in [-0.39, 0.29) is 5.41 Å². The van der Waals surface area contributed by atoms with Crippen LogP contribution < -0.4 is 5.73 Å². The van der Waals surface area contributed by atoms with Crippen molar-refractivity contribution in [1.29, 1.82) is 0 Å². The third-order valence-corrected chi connectivity index (χ3v) is 3.69. The molecular weight excluding hydrogens is 234 g/mol. The highest BCUT2D eigenvalue weighted by molar-refractivity contribution is 5.80. The minimum absolute atomic E-state index is 0.0381. The van der Waals surface area contributed by atoms with Crippen molar-refractivity contribution in [2.45, 2.75) is 58.9 Å². The van der Waals surface area contributed by atoms with E-state index in [1.54, 1.807) is 0 Å². The van der Waals surface area contributed by atoms with E-state index in [9.17, 15) is 0 Å². The number of benzene rings is 1. The summed E-state index contributed by atoms with van der Waals surface area (Å²) in [6.07, 6.45) is 2.24. The van der Waals surface area contributed by atoms with Gasteiger partial charge in [-0.05, 0) is 31.0 Å². The van der Waals surface area contributed by atoms with E-state index < -0.39 is 0 Å². The van der Waals surface area contributed by atoms with Crippen molar-refractivity contribution in [2.75, 3.05) is 5.73 Å². The average Bonchev–Trinajstić information content (AvgIpc) is 2.69. The Morgan fingerprint density at radius 3 is 2.37 bits per heavy atom. The van der Waals surface area contributed by atoms with Crippen LogP contribution in [0.5, 0.6) is 0 Å². The van der Waals surface area contributed by atoms with E-state index in [0.29, 0.717) is 6.04 Å². The van der Waals surface area contributed by atoms with Gasteiger partial charge in [-0.2, -0.15) is 0 Å². The Labute approximate surface area is 115 Å². The Bertz CT molecular complexity index is 571. The summed E-state index contributed by atoms with van der Waals surface area (Å²) in [6.45, 7) is 11.1. The van der Waals surface area contributed by atoms with Gasteiger partial charge in [-0.15, -0.1) is 0 Å². The van der Waals surface area contributed by atoms with Crippen LogP contribution in [0.2, 0.25) is 0 Å². The summed E-state index contributed by atoms with van der Waals surface area (Å²) in [4.78, 5) is 4.84. The first-order chi connectivity index (χ1) is 8.88. The number of imidazole rings is 1. The van der Waals surface area contributed by atoms with Crippen molar-refractivity contribution >= 4 is 16.7 Å². The van der Waals surface area contributed by atoms with Crippen LogP contribution in [0.1, 0.15) is 59.3 Å². The van der Waals surface area contributed by atoms with Gasteiger partial charge in [0, 0.05) is 17.1 Å². The summed E-state index contributed by atoms with van der Waals surface area (Å²) in [5.41, 5.74) is 8.91. The average molecular weight is 259 g/mol. The smallest absolute Gasteiger partial charge is 0.115 e. The molecule has 1 aromatic carbocycles. The Morgan fingerprint density at radius 2 is 1.84 bits per heavy atom. The molecule has 3 heteroatoms. The second kappa shape index (κ2) is 4.87. The van der Waals surface area contributed by atoms with E-state index >= 15 is 0 Å². The van der Waals surface area contributed by atoms with Crippen molar-refractivity contribution in [3.8, 4) is 0 Å². The fourth-order valence-corrected chi connectivity index (χ4v) is 2.67. The van der Waals surface area contributed by atoms with Crippen molar-refractivity contribution < 1.29 is 0 Å². The van der Waals surface area contributed by atoms with Crippen LogP contribution in [0.4, 0.5) is 5.69 Å². The van der Waals surface area contributed by atoms with Crippen LogP contribution >= 0.6 is 0 Å². The predicted molar refractivity (Wildman–Crippen MR) is 82.5 cm³/mol. The fourth-order valence-electron chi connectivity index (χ4n) is 2.67.